The molecule has 8 nitrogen and oxygen atoms in total. The molecule has 2 aromatic carbocycles. The number of nitrogens with zero attached hydrogens (tertiary/aromatic N) is 5. The van der Waals surface area contributed by atoms with E-state index in [4.69, 9.17) is 9.26 Å². The highest BCUT2D eigenvalue weighted by Crippen LogP contribution is 2.25. The van der Waals surface area contributed by atoms with Crippen molar-refractivity contribution in [3.05, 3.63) is 59.1 Å². The van der Waals surface area contributed by atoms with Crippen LogP contribution in [0.2, 0.25) is 0 Å². The molecule has 10 heteroatoms. The lowest BCUT2D eigenvalue weighted by Crippen LogP contribution is -2.48. The second-order valence-corrected chi connectivity index (χ2v) is 9.66. The summed E-state index contributed by atoms with van der Waals surface area (Å²) in [5.41, 5.74) is 1.50. The topological polar surface area (TPSA) is 87.8 Å². The standard InChI is InChI=1S/C24H26FN5O3S/c1-16-26-21-12-20(5-6-22(21)34-16)32-15-19(31)13-29-7-9-30(10-8-29)14-23-27-24(33-28-23)17-3-2-4-18(25)11-17/h2-6,11-12,19,31H,7-10,13-15H2,1H3/t19-/m1/s1. The molecule has 1 saturated heterocycles. The molecule has 1 atom stereocenters. The van der Waals surface area contributed by atoms with E-state index in [2.05, 4.69) is 24.9 Å². The summed E-state index contributed by atoms with van der Waals surface area (Å²) in [6, 6.07) is 12.0. The van der Waals surface area contributed by atoms with Gasteiger partial charge in [-0.05, 0) is 37.3 Å². The van der Waals surface area contributed by atoms with Crippen molar-refractivity contribution in [1.29, 1.82) is 0 Å². The maximum absolute atomic E-state index is 13.4. The van der Waals surface area contributed by atoms with E-state index >= 15 is 0 Å². The Morgan fingerprint density at radius 3 is 2.76 bits per heavy atom. The first-order valence-electron chi connectivity index (χ1n) is 11.2. The molecule has 3 heterocycles. The molecule has 1 aliphatic rings. The highest BCUT2D eigenvalue weighted by Gasteiger charge is 2.21. The third-order valence-electron chi connectivity index (χ3n) is 5.75. The number of aryl methyl sites for hydroxylation is 1. The molecule has 2 aromatic heterocycles. The summed E-state index contributed by atoms with van der Waals surface area (Å²) < 4.78 is 25.6. The van der Waals surface area contributed by atoms with Gasteiger partial charge < -0.3 is 14.4 Å². The molecule has 1 fully saturated rings. The molecule has 0 aliphatic carbocycles. The average molecular weight is 484 g/mol. The zero-order valence-electron chi connectivity index (χ0n) is 18.9. The maximum Gasteiger partial charge on any atom is 0.258 e. The largest absolute Gasteiger partial charge is 0.491 e. The van der Waals surface area contributed by atoms with Crippen LogP contribution in [-0.2, 0) is 6.54 Å². The number of aliphatic hydroxyl groups is 1. The number of aromatic nitrogens is 3. The molecule has 0 radical (unpaired) electrons. The number of hydrogen-bond acceptors (Lipinski definition) is 9. The number of piperazine rings is 1. The van der Waals surface area contributed by atoms with E-state index in [1.165, 1.54) is 12.1 Å². The highest BCUT2D eigenvalue weighted by molar-refractivity contribution is 7.18. The van der Waals surface area contributed by atoms with Crippen LogP contribution in [0.15, 0.2) is 47.0 Å². The predicted molar refractivity (Wildman–Crippen MR) is 127 cm³/mol. The van der Waals surface area contributed by atoms with Gasteiger partial charge in [-0.1, -0.05) is 11.2 Å². The Hall–Kier alpha value is -2.92. The van der Waals surface area contributed by atoms with Crippen molar-refractivity contribution >= 4 is 21.6 Å². The van der Waals surface area contributed by atoms with Crippen LogP contribution < -0.4 is 4.74 Å². The lowest BCUT2D eigenvalue weighted by Gasteiger charge is -2.34. The van der Waals surface area contributed by atoms with Gasteiger partial charge in [-0.25, -0.2) is 9.37 Å². The molecular formula is C24H26FN5O3S. The number of fused-ring (bicyclic) bond motifs is 1. The van der Waals surface area contributed by atoms with Gasteiger partial charge in [-0.15, -0.1) is 11.3 Å². The number of thiazole rings is 1. The fraction of sp³-hybridized carbons (Fsp3) is 0.375. The van der Waals surface area contributed by atoms with Crippen LogP contribution in [0.4, 0.5) is 4.39 Å². The van der Waals surface area contributed by atoms with Gasteiger partial charge in [0.1, 0.15) is 24.3 Å². The zero-order chi connectivity index (χ0) is 23.5. The van der Waals surface area contributed by atoms with Crippen molar-refractivity contribution in [3.63, 3.8) is 0 Å². The van der Waals surface area contributed by atoms with Gasteiger partial charge in [-0.2, -0.15) is 4.98 Å². The molecule has 0 amide bonds. The van der Waals surface area contributed by atoms with Crippen LogP contribution in [0.1, 0.15) is 10.8 Å². The summed E-state index contributed by atoms with van der Waals surface area (Å²) in [5, 5.41) is 15.5. The van der Waals surface area contributed by atoms with E-state index in [-0.39, 0.29) is 12.4 Å². The fourth-order valence-electron chi connectivity index (χ4n) is 4.04. The Labute approximate surface area is 200 Å². The van der Waals surface area contributed by atoms with E-state index < -0.39 is 6.10 Å². The Morgan fingerprint density at radius 1 is 1.12 bits per heavy atom. The summed E-state index contributed by atoms with van der Waals surface area (Å²) in [4.78, 5) is 13.4. The number of rotatable bonds is 8. The molecule has 0 unspecified atom stereocenters. The Bertz CT molecular complexity index is 1250. The van der Waals surface area contributed by atoms with Crippen molar-refractivity contribution in [3.8, 4) is 17.2 Å². The third-order valence-corrected chi connectivity index (χ3v) is 6.70. The lowest BCUT2D eigenvalue weighted by molar-refractivity contribution is 0.0440. The molecule has 178 valence electrons. The smallest absolute Gasteiger partial charge is 0.258 e. The van der Waals surface area contributed by atoms with E-state index in [9.17, 15) is 9.50 Å². The van der Waals surface area contributed by atoms with Crippen LogP contribution in [-0.4, -0.2) is 75.5 Å². The number of ether oxygens (including phenoxy) is 1. The van der Waals surface area contributed by atoms with E-state index in [1.54, 1.807) is 23.5 Å². The van der Waals surface area contributed by atoms with Crippen molar-refractivity contribution in [2.45, 2.75) is 19.6 Å². The van der Waals surface area contributed by atoms with Gasteiger partial charge in [-0.3, -0.25) is 9.80 Å². The van der Waals surface area contributed by atoms with Crippen molar-refractivity contribution in [1.82, 2.24) is 24.9 Å². The summed E-state index contributed by atoms with van der Waals surface area (Å²) in [5.74, 6) is 1.28. The van der Waals surface area contributed by atoms with Gasteiger partial charge >= 0.3 is 0 Å². The van der Waals surface area contributed by atoms with Gasteiger partial charge in [0.05, 0.1) is 21.8 Å². The first-order valence-corrected chi connectivity index (χ1v) is 12.0. The van der Waals surface area contributed by atoms with Crippen molar-refractivity contribution in [2.24, 2.45) is 0 Å². The summed E-state index contributed by atoms with van der Waals surface area (Å²) in [7, 11) is 0. The molecule has 1 aliphatic heterocycles. The second kappa shape index (κ2) is 10.1. The number of hydrogen-bond donors (Lipinski definition) is 1. The van der Waals surface area contributed by atoms with Gasteiger partial charge in [0.25, 0.3) is 5.89 Å². The van der Waals surface area contributed by atoms with Gasteiger partial charge in [0.15, 0.2) is 5.82 Å². The number of halogens is 1. The minimum absolute atomic E-state index is 0.237. The SMILES string of the molecule is Cc1nc2cc(OC[C@H](O)CN3CCN(Cc4noc(-c5cccc(F)c5)n4)CC3)ccc2s1. The zero-order valence-corrected chi connectivity index (χ0v) is 19.7. The minimum atomic E-state index is -0.578. The Kier molecular flexibility index (Phi) is 6.82. The van der Waals surface area contributed by atoms with E-state index in [1.807, 2.05) is 25.1 Å². The predicted octanol–water partition coefficient (Wildman–Crippen LogP) is 3.35. The van der Waals surface area contributed by atoms with Gasteiger partial charge in [0.2, 0.25) is 0 Å². The Morgan fingerprint density at radius 2 is 1.94 bits per heavy atom. The normalized spacial score (nSPS) is 16.2. The van der Waals surface area contributed by atoms with Gasteiger partial charge in [0, 0.05) is 44.4 Å². The van der Waals surface area contributed by atoms with E-state index in [0.29, 0.717) is 30.4 Å². The summed E-state index contributed by atoms with van der Waals surface area (Å²) >= 11 is 1.66. The monoisotopic (exact) mass is 483 g/mol. The third kappa shape index (κ3) is 5.58. The quantitative estimate of drug-likeness (QED) is 0.408. The van der Waals surface area contributed by atoms with Crippen LogP contribution >= 0.6 is 11.3 Å². The molecule has 0 spiro atoms. The minimum Gasteiger partial charge on any atom is -0.491 e. The molecule has 0 saturated carbocycles. The first-order chi connectivity index (χ1) is 16.5. The molecule has 34 heavy (non-hydrogen) atoms. The summed E-state index contributed by atoms with van der Waals surface area (Å²) in [6.07, 6.45) is -0.578. The second-order valence-electron chi connectivity index (χ2n) is 8.43. The molecule has 4 aromatic rings. The molecule has 0 bridgehead atoms. The number of β-amino-alcohol motifs (C(OH)–C–C–N with tert-alkyl or cyclic N) is 1. The van der Waals surface area contributed by atoms with Crippen LogP contribution in [0.3, 0.4) is 0 Å². The Balaban J connectivity index is 1.06. The lowest BCUT2D eigenvalue weighted by atomic mass is 10.2. The first kappa shape index (κ1) is 22.9. The average Bonchev–Trinajstić information content (AvgIpc) is 3.44. The molecule has 5 rings (SSSR count). The molecule has 1 N–H and O–H groups in total. The van der Waals surface area contributed by atoms with Crippen LogP contribution in [0.5, 0.6) is 5.75 Å². The number of aliphatic hydroxyl groups excluding tert-OH is 1. The fourth-order valence-corrected chi connectivity index (χ4v) is 4.85. The van der Waals surface area contributed by atoms with Crippen molar-refractivity contribution in [2.75, 3.05) is 39.3 Å². The highest BCUT2D eigenvalue weighted by atomic mass is 32.1. The van der Waals surface area contributed by atoms with Crippen LogP contribution in [0, 0.1) is 12.7 Å². The maximum atomic E-state index is 13.4. The number of benzene rings is 2. The molecular weight excluding hydrogens is 457 g/mol. The van der Waals surface area contributed by atoms with Crippen molar-refractivity contribution < 1.29 is 18.8 Å². The summed E-state index contributed by atoms with van der Waals surface area (Å²) in [6.45, 7) is 6.66. The van der Waals surface area contributed by atoms with Crippen LogP contribution in [0.25, 0.3) is 21.7 Å². The van der Waals surface area contributed by atoms with E-state index in [0.717, 1.165) is 47.2 Å².